The molecule has 0 fully saturated rings. The van der Waals surface area contributed by atoms with Gasteiger partial charge in [0.15, 0.2) is 11.2 Å². The molecule has 0 unspecified atom stereocenters. The molecule has 0 saturated carbocycles. The van der Waals surface area contributed by atoms with Crippen molar-refractivity contribution in [1.82, 2.24) is 0 Å². The molecule has 2 heterocycles. The number of hydrogen-bond donors (Lipinski definition) is 0. The van der Waals surface area contributed by atoms with Crippen LogP contribution in [-0.4, -0.2) is 0 Å². The SMILES string of the molecule is CCCCCCCCc1cc2oc3c(ccc4c3oc3cc(CCCCCCCC)c5ccccc5c34)c2c2ccccc12. The van der Waals surface area contributed by atoms with E-state index >= 15 is 0 Å². The summed E-state index contributed by atoms with van der Waals surface area (Å²) in [5.74, 6) is 0. The first-order chi connectivity index (χ1) is 21.8. The van der Waals surface area contributed by atoms with E-state index in [1.165, 1.54) is 120 Å². The number of unbranched alkanes of at least 4 members (excludes halogenated alkanes) is 10. The highest BCUT2D eigenvalue weighted by molar-refractivity contribution is 6.27. The molecule has 0 aliphatic carbocycles. The lowest BCUT2D eigenvalue weighted by Crippen LogP contribution is -1.89. The summed E-state index contributed by atoms with van der Waals surface area (Å²) in [6.45, 7) is 4.56. The molecule has 0 saturated heterocycles. The Balaban J connectivity index is 1.31. The first-order valence-corrected chi connectivity index (χ1v) is 17.4. The minimum Gasteiger partial charge on any atom is -0.452 e. The Morgan fingerprint density at radius 3 is 1.23 bits per heavy atom. The highest BCUT2D eigenvalue weighted by Crippen LogP contribution is 2.44. The van der Waals surface area contributed by atoms with Crippen LogP contribution in [0.15, 0.2) is 81.6 Å². The Morgan fingerprint density at radius 2 is 0.795 bits per heavy atom. The van der Waals surface area contributed by atoms with Crippen LogP contribution < -0.4 is 0 Å². The Hall–Kier alpha value is -3.78. The number of fused-ring (bicyclic) bond motifs is 11. The Bertz CT molecular complexity index is 1900. The van der Waals surface area contributed by atoms with Crippen LogP contribution in [0.25, 0.3) is 65.4 Å². The van der Waals surface area contributed by atoms with Crippen molar-refractivity contribution in [2.45, 2.75) is 104 Å². The third-order valence-corrected chi connectivity index (χ3v) is 9.86. The molecule has 2 aromatic heterocycles. The van der Waals surface area contributed by atoms with E-state index in [0.717, 1.165) is 45.9 Å². The van der Waals surface area contributed by atoms with Gasteiger partial charge in [-0.05, 0) is 82.6 Å². The maximum atomic E-state index is 6.76. The fourth-order valence-corrected chi connectivity index (χ4v) is 7.54. The molecular weight excluding hydrogens is 536 g/mol. The van der Waals surface area contributed by atoms with Crippen LogP contribution in [0.4, 0.5) is 0 Å². The van der Waals surface area contributed by atoms with Crippen LogP contribution in [0.3, 0.4) is 0 Å². The quantitative estimate of drug-likeness (QED) is 0.119. The standard InChI is InChI=1S/C42H46O2/c1-3-5-7-9-11-13-19-29-27-37-39(33-23-17-15-21-31(29)33)35-25-26-36-40-34-24-18-16-22-32(34)30(20-14-12-10-8-6-4-2)28-38(40)44-42(36)41(35)43-37/h15-18,21-28H,3-14,19-20H2,1-2H3. The van der Waals surface area contributed by atoms with Crippen molar-refractivity contribution in [1.29, 1.82) is 0 Å². The van der Waals surface area contributed by atoms with Gasteiger partial charge in [0.25, 0.3) is 0 Å². The topological polar surface area (TPSA) is 26.3 Å². The minimum absolute atomic E-state index is 0.872. The van der Waals surface area contributed by atoms with Crippen molar-refractivity contribution in [3.63, 3.8) is 0 Å². The first kappa shape index (κ1) is 29.0. The number of aryl methyl sites for hydroxylation is 2. The third kappa shape index (κ3) is 5.38. The summed E-state index contributed by atoms with van der Waals surface area (Å²) in [4.78, 5) is 0. The lowest BCUT2D eigenvalue weighted by atomic mass is 9.94. The molecule has 0 radical (unpaired) electrons. The van der Waals surface area contributed by atoms with Crippen molar-refractivity contribution in [2.24, 2.45) is 0 Å². The fourth-order valence-electron chi connectivity index (χ4n) is 7.54. The lowest BCUT2D eigenvalue weighted by molar-refractivity contribution is 0.607. The van der Waals surface area contributed by atoms with Gasteiger partial charge in [0.1, 0.15) is 11.2 Å². The van der Waals surface area contributed by atoms with Crippen LogP contribution in [-0.2, 0) is 12.8 Å². The molecule has 0 aliphatic heterocycles. The van der Waals surface area contributed by atoms with Crippen LogP contribution >= 0.6 is 0 Å². The zero-order valence-corrected chi connectivity index (χ0v) is 26.6. The van der Waals surface area contributed by atoms with Gasteiger partial charge in [-0.3, -0.25) is 0 Å². The van der Waals surface area contributed by atoms with E-state index in [1.54, 1.807) is 0 Å². The normalized spacial score (nSPS) is 12.2. The van der Waals surface area contributed by atoms with Crippen molar-refractivity contribution in [3.8, 4) is 0 Å². The van der Waals surface area contributed by atoms with Crippen LogP contribution in [0.2, 0.25) is 0 Å². The molecular formula is C42H46O2. The van der Waals surface area contributed by atoms with E-state index in [2.05, 4.69) is 86.6 Å². The second-order valence-corrected chi connectivity index (χ2v) is 13.0. The number of benzene rings is 5. The smallest absolute Gasteiger partial charge is 0.178 e. The Kier molecular flexibility index (Phi) is 8.60. The van der Waals surface area contributed by atoms with Crippen LogP contribution in [0.5, 0.6) is 0 Å². The number of rotatable bonds is 14. The summed E-state index contributed by atoms with van der Waals surface area (Å²) < 4.78 is 13.5. The highest BCUT2D eigenvalue weighted by atomic mass is 16.4. The van der Waals surface area contributed by atoms with Crippen molar-refractivity contribution >= 4 is 65.4 Å². The van der Waals surface area contributed by atoms with E-state index in [1.807, 2.05) is 0 Å². The molecule has 0 atom stereocenters. The first-order valence-electron chi connectivity index (χ1n) is 17.4. The van der Waals surface area contributed by atoms with Gasteiger partial charge >= 0.3 is 0 Å². The molecule has 2 nitrogen and oxygen atoms in total. The summed E-state index contributed by atoms with van der Waals surface area (Å²) >= 11 is 0. The largest absolute Gasteiger partial charge is 0.452 e. The second kappa shape index (κ2) is 13.1. The van der Waals surface area contributed by atoms with Crippen LogP contribution in [0, 0.1) is 0 Å². The van der Waals surface area contributed by atoms with Gasteiger partial charge in [-0.2, -0.15) is 0 Å². The van der Waals surface area contributed by atoms with Gasteiger partial charge in [-0.1, -0.05) is 127 Å². The van der Waals surface area contributed by atoms with Gasteiger partial charge in [-0.25, -0.2) is 0 Å². The molecule has 7 rings (SSSR count). The summed E-state index contributed by atoms with van der Waals surface area (Å²) in [5.41, 5.74) is 6.49. The molecule has 0 aliphatic rings. The molecule has 44 heavy (non-hydrogen) atoms. The molecule has 226 valence electrons. The fraction of sp³-hybridized carbons (Fsp3) is 0.381. The summed E-state index contributed by atoms with van der Waals surface area (Å²) in [6, 6.07) is 26.9. The van der Waals surface area contributed by atoms with E-state index in [4.69, 9.17) is 8.83 Å². The molecule has 7 aromatic rings. The van der Waals surface area contributed by atoms with E-state index in [0.29, 0.717) is 0 Å². The zero-order chi connectivity index (χ0) is 29.9. The minimum atomic E-state index is 0.872. The van der Waals surface area contributed by atoms with Gasteiger partial charge in [-0.15, -0.1) is 0 Å². The van der Waals surface area contributed by atoms with E-state index < -0.39 is 0 Å². The maximum absolute atomic E-state index is 6.76. The Labute approximate surface area is 261 Å². The molecule has 0 spiro atoms. The van der Waals surface area contributed by atoms with E-state index in [-0.39, 0.29) is 0 Å². The summed E-state index contributed by atoms with van der Waals surface area (Å²) in [7, 11) is 0. The van der Waals surface area contributed by atoms with E-state index in [9.17, 15) is 0 Å². The highest BCUT2D eigenvalue weighted by Gasteiger charge is 2.20. The van der Waals surface area contributed by atoms with Gasteiger partial charge in [0, 0.05) is 21.5 Å². The van der Waals surface area contributed by atoms with Gasteiger partial charge < -0.3 is 8.83 Å². The van der Waals surface area contributed by atoms with Gasteiger partial charge in [0.2, 0.25) is 0 Å². The van der Waals surface area contributed by atoms with Gasteiger partial charge in [0.05, 0.1) is 0 Å². The summed E-state index contributed by atoms with van der Waals surface area (Å²) in [5, 5.41) is 9.98. The average Bonchev–Trinajstić information content (AvgIpc) is 3.62. The molecule has 0 bridgehead atoms. The molecule has 0 N–H and O–H groups in total. The van der Waals surface area contributed by atoms with Crippen molar-refractivity contribution in [2.75, 3.05) is 0 Å². The van der Waals surface area contributed by atoms with Crippen LogP contribution in [0.1, 0.15) is 102 Å². The van der Waals surface area contributed by atoms with Crippen molar-refractivity contribution < 1.29 is 8.83 Å². The average molecular weight is 583 g/mol. The predicted octanol–water partition coefficient (Wildman–Crippen LogP) is 13.6. The monoisotopic (exact) mass is 582 g/mol. The molecule has 2 heteroatoms. The number of furan rings is 2. The molecule has 5 aromatic carbocycles. The lowest BCUT2D eigenvalue weighted by Gasteiger charge is -2.08. The molecule has 0 amide bonds. The number of hydrogen-bond acceptors (Lipinski definition) is 2. The Morgan fingerprint density at radius 1 is 0.409 bits per heavy atom. The second-order valence-electron chi connectivity index (χ2n) is 13.0. The third-order valence-electron chi connectivity index (χ3n) is 9.86. The summed E-state index contributed by atoms with van der Waals surface area (Å²) in [6.07, 6.45) is 17.9. The maximum Gasteiger partial charge on any atom is 0.178 e. The van der Waals surface area contributed by atoms with Crippen molar-refractivity contribution in [3.05, 3.63) is 83.9 Å². The predicted molar refractivity (Wildman–Crippen MR) is 190 cm³/mol. The zero-order valence-electron chi connectivity index (χ0n) is 26.6.